The summed E-state index contributed by atoms with van der Waals surface area (Å²) in [6.45, 7) is 9.78. The van der Waals surface area contributed by atoms with Gasteiger partial charge in [-0.15, -0.1) is 12.4 Å². The number of hydrogen-bond acceptors (Lipinski definition) is 3. The summed E-state index contributed by atoms with van der Waals surface area (Å²) >= 11 is 0. The summed E-state index contributed by atoms with van der Waals surface area (Å²) in [6, 6.07) is 9.90. The maximum absolute atomic E-state index is 12.6. The molecule has 2 N–H and O–H groups in total. The number of aromatic nitrogens is 2. The lowest BCUT2D eigenvalue weighted by Gasteiger charge is -2.34. The lowest BCUT2D eigenvalue weighted by molar-refractivity contribution is 0.0922. The fraction of sp³-hybridized carbons (Fsp3) is 0.500. The molecule has 0 aliphatic carbocycles. The number of benzene rings is 1. The Kier molecular flexibility index (Phi) is 6.84. The van der Waals surface area contributed by atoms with Gasteiger partial charge >= 0.3 is 0 Å². The highest BCUT2D eigenvalue weighted by molar-refractivity contribution is 5.94. The smallest absolute Gasteiger partial charge is 0.251 e. The Morgan fingerprint density at radius 2 is 2.00 bits per heavy atom. The third-order valence-electron chi connectivity index (χ3n) is 5.11. The predicted molar refractivity (Wildman–Crippen MR) is 107 cm³/mol. The van der Waals surface area contributed by atoms with E-state index in [1.807, 2.05) is 35.9 Å². The van der Waals surface area contributed by atoms with Crippen LogP contribution in [0.3, 0.4) is 0 Å². The largest absolute Gasteiger partial charge is 0.351 e. The second-order valence-electron chi connectivity index (χ2n) is 7.53. The van der Waals surface area contributed by atoms with Gasteiger partial charge in [0, 0.05) is 17.8 Å². The molecule has 2 heterocycles. The van der Waals surface area contributed by atoms with E-state index in [-0.39, 0.29) is 23.7 Å². The molecule has 0 saturated carbocycles. The van der Waals surface area contributed by atoms with Gasteiger partial charge in [-0.25, -0.2) is 0 Å². The maximum atomic E-state index is 12.6. The number of aryl methyl sites for hydroxylation is 2. The highest BCUT2D eigenvalue weighted by Crippen LogP contribution is 2.26. The molecule has 1 amide bonds. The number of amides is 1. The lowest BCUT2D eigenvalue weighted by atomic mass is 9.81. The van der Waals surface area contributed by atoms with E-state index in [1.165, 1.54) is 0 Å². The molecule has 0 atom stereocenters. The summed E-state index contributed by atoms with van der Waals surface area (Å²) in [5.41, 5.74) is 4.15. The number of nitrogens with one attached hydrogen (secondary N) is 2. The van der Waals surface area contributed by atoms with E-state index < -0.39 is 0 Å². The summed E-state index contributed by atoms with van der Waals surface area (Å²) in [7, 11) is 0. The number of nitrogens with zero attached hydrogens (tertiary/aromatic N) is 2. The molecule has 1 aromatic carbocycles. The normalized spacial score (nSPS) is 16.0. The number of rotatable bonds is 5. The van der Waals surface area contributed by atoms with Crippen LogP contribution in [0.25, 0.3) is 0 Å². The predicted octanol–water partition coefficient (Wildman–Crippen LogP) is 3.09. The molecule has 142 valence electrons. The average molecular weight is 377 g/mol. The Morgan fingerprint density at radius 3 is 2.65 bits per heavy atom. The van der Waals surface area contributed by atoms with Gasteiger partial charge in [-0.1, -0.05) is 19.1 Å². The summed E-state index contributed by atoms with van der Waals surface area (Å²) in [5, 5.41) is 11.0. The summed E-state index contributed by atoms with van der Waals surface area (Å²) in [4.78, 5) is 12.6. The number of carbonyl (C=O) groups excluding carboxylic acids is 1. The third-order valence-corrected chi connectivity index (χ3v) is 5.11. The highest BCUT2D eigenvalue weighted by atomic mass is 35.5. The molecule has 26 heavy (non-hydrogen) atoms. The second-order valence-corrected chi connectivity index (χ2v) is 7.53. The second kappa shape index (κ2) is 8.69. The first-order valence-corrected chi connectivity index (χ1v) is 9.04. The summed E-state index contributed by atoms with van der Waals surface area (Å²) in [5.74, 6) is 0.00924. The van der Waals surface area contributed by atoms with E-state index in [2.05, 4.69) is 35.6 Å². The van der Waals surface area contributed by atoms with Crippen LogP contribution in [0.2, 0.25) is 0 Å². The first-order valence-electron chi connectivity index (χ1n) is 9.04. The Hall–Kier alpha value is -1.85. The van der Waals surface area contributed by atoms with Crippen LogP contribution in [0.1, 0.15) is 47.1 Å². The van der Waals surface area contributed by atoms with E-state index in [0.717, 1.165) is 55.0 Å². The standard InChI is InChI=1S/C20H28N4O.ClH/c1-15-11-16(2)24(23-15)13-17-5-4-6-18(12-17)19(25)22-14-20(3)7-9-21-10-8-20;/h4-6,11-12,21H,7-10,13-14H2,1-3H3,(H,22,25);1H. The van der Waals surface area contributed by atoms with Gasteiger partial charge < -0.3 is 10.6 Å². The van der Waals surface area contributed by atoms with Crippen LogP contribution in [0.15, 0.2) is 30.3 Å². The first-order chi connectivity index (χ1) is 12.0. The van der Waals surface area contributed by atoms with Crippen molar-refractivity contribution in [2.75, 3.05) is 19.6 Å². The summed E-state index contributed by atoms with van der Waals surface area (Å²) in [6.07, 6.45) is 2.20. The van der Waals surface area contributed by atoms with Crippen LogP contribution >= 0.6 is 12.4 Å². The molecule has 0 radical (unpaired) electrons. The van der Waals surface area contributed by atoms with Gasteiger partial charge in [0.25, 0.3) is 5.91 Å². The fourth-order valence-corrected chi connectivity index (χ4v) is 3.42. The number of halogens is 1. The molecule has 0 spiro atoms. The lowest BCUT2D eigenvalue weighted by Crippen LogP contribution is -2.42. The molecule has 0 unspecified atom stereocenters. The maximum Gasteiger partial charge on any atom is 0.251 e. The van der Waals surface area contributed by atoms with Crippen LogP contribution in [0, 0.1) is 19.3 Å². The van der Waals surface area contributed by atoms with Crippen LogP contribution in [-0.2, 0) is 6.54 Å². The summed E-state index contributed by atoms with van der Waals surface area (Å²) < 4.78 is 1.97. The average Bonchev–Trinajstić information content (AvgIpc) is 2.91. The molecule has 1 aliphatic heterocycles. The topological polar surface area (TPSA) is 59.0 Å². The highest BCUT2D eigenvalue weighted by Gasteiger charge is 2.27. The van der Waals surface area contributed by atoms with Gasteiger partial charge in [-0.2, -0.15) is 5.10 Å². The zero-order chi connectivity index (χ0) is 17.9. The molecule has 0 bridgehead atoms. The van der Waals surface area contributed by atoms with Crippen LogP contribution < -0.4 is 10.6 Å². The van der Waals surface area contributed by atoms with E-state index in [4.69, 9.17) is 0 Å². The minimum Gasteiger partial charge on any atom is -0.351 e. The molecule has 1 fully saturated rings. The van der Waals surface area contributed by atoms with Crippen molar-refractivity contribution in [2.24, 2.45) is 5.41 Å². The van der Waals surface area contributed by atoms with E-state index in [0.29, 0.717) is 6.54 Å². The van der Waals surface area contributed by atoms with Crippen molar-refractivity contribution in [1.82, 2.24) is 20.4 Å². The van der Waals surface area contributed by atoms with Gasteiger partial charge in [0.05, 0.1) is 12.2 Å². The SMILES string of the molecule is Cc1cc(C)n(Cc2cccc(C(=O)NCC3(C)CCNCC3)c2)n1.Cl. The van der Waals surface area contributed by atoms with Gasteiger partial charge in [0.1, 0.15) is 0 Å². The van der Waals surface area contributed by atoms with Crippen molar-refractivity contribution in [3.63, 3.8) is 0 Å². The zero-order valence-corrected chi connectivity index (χ0v) is 16.7. The Morgan fingerprint density at radius 1 is 1.27 bits per heavy atom. The van der Waals surface area contributed by atoms with Crippen molar-refractivity contribution >= 4 is 18.3 Å². The van der Waals surface area contributed by atoms with Gasteiger partial charge in [0.2, 0.25) is 0 Å². The van der Waals surface area contributed by atoms with Crippen LogP contribution in [0.4, 0.5) is 0 Å². The number of piperidine rings is 1. The molecule has 1 saturated heterocycles. The monoisotopic (exact) mass is 376 g/mol. The number of carbonyl (C=O) groups is 1. The minimum absolute atomic E-state index is 0. The zero-order valence-electron chi connectivity index (χ0n) is 15.8. The van der Waals surface area contributed by atoms with Crippen molar-refractivity contribution in [1.29, 1.82) is 0 Å². The van der Waals surface area contributed by atoms with Crippen molar-refractivity contribution in [3.8, 4) is 0 Å². The fourth-order valence-electron chi connectivity index (χ4n) is 3.42. The van der Waals surface area contributed by atoms with Crippen LogP contribution in [-0.4, -0.2) is 35.3 Å². The van der Waals surface area contributed by atoms with Crippen molar-refractivity contribution in [2.45, 2.75) is 40.2 Å². The quantitative estimate of drug-likeness (QED) is 0.843. The molecular weight excluding hydrogens is 348 g/mol. The van der Waals surface area contributed by atoms with E-state index >= 15 is 0 Å². The number of hydrogen-bond donors (Lipinski definition) is 2. The molecule has 6 heteroatoms. The minimum atomic E-state index is 0. The van der Waals surface area contributed by atoms with Crippen LogP contribution in [0.5, 0.6) is 0 Å². The van der Waals surface area contributed by atoms with Crippen molar-refractivity contribution < 1.29 is 4.79 Å². The Bertz CT molecular complexity index is 750. The first kappa shape index (κ1) is 20.5. The molecule has 2 aromatic rings. The Labute approximate surface area is 162 Å². The molecular formula is C20H29ClN4O. The molecule has 5 nitrogen and oxygen atoms in total. The van der Waals surface area contributed by atoms with E-state index in [9.17, 15) is 4.79 Å². The molecule has 3 rings (SSSR count). The van der Waals surface area contributed by atoms with E-state index in [1.54, 1.807) is 0 Å². The van der Waals surface area contributed by atoms with Gasteiger partial charge in [-0.05, 0) is 69.0 Å². The van der Waals surface area contributed by atoms with Gasteiger partial charge in [0.15, 0.2) is 0 Å². The molecule has 1 aromatic heterocycles. The van der Waals surface area contributed by atoms with Gasteiger partial charge in [-0.3, -0.25) is 9.48 Å². The Balaban J connectivity index is 0.00000243. The molecule has 1 aliphatic rings. The third kappa shape index (κ3) is 5.08. The van der Waals surface area contributed by atoms with Crippen molar-refractivity contribution in [3.05, 3.63) is 52.8 Å².